The van der Waals surface area contributed by atoms with Crippen molar-refractivity contribution in [1.82, 2.24) is 0 Å². The van der Waals surface area contributed by atoms with Gasteiger partial charge in [-0.15, -0.1) is 0 Å². The molecule has 1 unspecified atom stereocenters. The lowest BCUT2D eigenvalue weighted by Gasteiger charge is -2.26. The van der Waals surface area contributed by atoms with E-state index in [1.165, 1.54) is 0 Å². The summed E-state index contributed by atoms with van der Waals surface area (Å²) in [4.78, 5) is 0. The third-order valence-electron chi connectivity index (χ3n) is 2.37. The van der Waals surface area contributed by atoms with Gasteiger partial charge < -0.3 is 9.47 Å². The molecule has 120 valence electrons. The van der Waals surface area contributed by atoms with Crippen LogP contribution in [0.1, 0.15) is 25.7 Å². The second kappa shape index (κ2) is 7.66. The summed E-state index contributed by atoms with van der Waals surface area (Å²) in [5.74, 6) is 0. The maximum Gasteiger partial charge on any atom is 0.266 e. The molecular weight excluding hydrogens is 312 g/mol. The third kappa shape index (κ3) is 8.82. The molecular formula is C10H20O8S2. The monoisotopic (exact) mass is 332 g/mol. The van der Waals surface area contributed by atoms with Gasteiger partial charge in [0.1, 0.15) is 0 Å². The highest BCUT2D eigenvalue weighted by atomic mass is 32.2. The maximum atomic E-state index is 11.1. The molecule has 0 aromatic heterocycles. The summed E-state index contributed by atoms with van der Waals surface area (Å²) in [5, 5.41) is 0. The molecule has 0 bridgehead atoms. The molecule has 20 heavy (non-hydrogen) atoms. The van der Waals surface area contributed by atoms with E-state index in [0.717, 1.165) is 25.4 Å². The van der Waals surface area contributed by atoms with E-state index in [2.05, 4.69) is 4.18 Å². The van der Waals surface area contributed by atoms with Crippen LogP contribution in [-0.2, 0) is 38.1 Å². The van der Waals surface area contributed by atoms with Crippen molar-refractivity contribution in [3.8, 4) is 0 Å². The minimum Gasteiger partial charge on any atom is -0.353 e. The number of rotatable bonds is 8. The Balaban J connectivity index is 2.50. The summed E-state index contributed by atoms with van der Waals surface area (Å²) in [5.41, 5.74) is 0. The lowest BCUT2D eigenvalue weighted by molar-refractivity contribution is -0.232. The Morgan fingerprint density at radius 2 is 1.85 bits per heavy atom. The lowest BCUT2D eigenvalue weighted by atomic mass is 10.2. The Morgan fingerprint density at radius 3 is 2.35 bits per heavy atom. The highest BCUT2D eigenvalue weighted by molar-refractivity contribution is 7.86. The van der Waals surface area contributed by atoms with Gasteiger partial charge in [-0.05, 0) is 19.3 Å². The first kappa shape index (κ1) is 17.8. The molecule has 1 aliphatic heterocycles. The van der Waals surface area contributed by atoms with Gasteiger partial charge in [0.2, 0.25) is 0 Å². The molecule has 0 aromatic rings. The average Bonchev–Trinajstić information content (AvgIpc) is 2.26. The van der Waals surface area contributed by atoms with E-state index in [0.29, 0.717) is 13.0 Å². The topological polar surface area (TPSA) is 105 Å². The predicted molar refractivity (Wildman–Crippen MR) is 69.8 cm³/mol. The van der Waals surface area contributed by atoms with Gasteiger partial charge in [0.15, 0.2) is 12.6 Å². The highest BCUT2D eigenvalue weighted by Crippen LogP contribution is 2.18. The fraction of sp³-hybridized carbons (Fsp3) is 1.00. The van der Waals surface area contributed by atoms with Crippen molar-refractivity contribution in [3.63, 3.8) is 0 Å². The van der Waals surface area contributed by atoms with E-state index >= 15 is 0 Å². The fourth-order valence-corrected chi connectivity index (χ4v) is 2.55. The van der Waals surface area contributed by atoms with Crippen LogP contribution in [-0.4, -0.2) is 55.1 Å². The molecule has 0 radical (unpaired) electrons. The van der Waals surface area contributed by atoms with E-state index in [-0.39, 0.29) is 13.0 Å². The second-order valence-corrected chi connectivity index (χ2v) is 7.72. The van der Waals surface area contributed by atoms with Crippen LogP contribution in [0.25, 0.3) is 0 Å². The van der Waals surface area contributed by atoms with Gasteiger partial charge in [-0.3, -0.25) is 4.18 Å². The van der Waals surface area contributed by atoms with Gasteiger partial charge in [-0.25, -0.2) is 4.18 Å². The SMILES string of the molecule is CS(=O)(=O)OCC[C@H](OC1CCCCO1)OS(C)(=O)=O. The van der Waals surface area contributed by atoms with Crippen LogP contribution >= 0.6 is 0 Å². The predicted octanol–water partition coefficient (Wildman–Crippen LogP) is 0.198. The lowest BCUT2D eigenvalue weighted by Crippen LogP contribution is -2.31. The van der Waals surface area contributed by atoms with Gasteiger partial charge >= 0.3 is 0 Å². The molecule has 1 saturated heterocycles. The van der Waals surface area contributed by atoms with Crippen LogP contribution in [0.15, 0.2) is 0 Å². The maximum absolute atomic E-state index is 11.1. The molecule has 2 atom stereocenters. The molecule has 0 N–H and O–H groups in total. The first-order chi connectivity index (χ1) is 9.16. The molecule has 1 rings (SSSR count). The van der Waals surface area contributed by atoms with Crippen molar-refractivity contribution in [2.24, 2.45) is 0 Å². The zero-order chi connectivity index (χ0) is 15.2. The molecule has 10 heteroatoms. The minimum absolute atomic E-state index is 0.0417. The number of hydrogen-bond donors (Lipinski definition) is 0. The van der Waals surface area contributed by atoms with Crippen molar-refractivity contribution in [2.75, 3.05) is 25.7 Å². The highest BCUT2D eigenvalue weighted by Gasteiger charge is 2.23. The van der Waals surface area contributed by atoms with Crippen LogP contribution in [0, 0.1) is 0 Å². The standard InChI is InChI=1S/C10H20O8S2/c1-19(11,12)16-8-6-10(18-20(2,13)14)17-9-5-3-4-7-15-9/h9-10H,3-8H2,1-2H3/t9?,10-/m1/s1. The number of ether oxygens (including phenoxy) is 2. The molecule has 1 heterocycles. The van der Waals surface area contributed by atoms with E-state index in [1.807, 2.05) is 0 Å². The zero-order valence-electron chi connectivity index (χ0n) is 11.5. The minimum atomic E-state index is -3.73. The third-order valence-corrected chi connectivity index (χ3v) is 3.53. The molecule has 0 aliphatic carbocycles. The van der Waals surface area contributed by atoms with E-state index in [1.54, 1.807) is 0 Å². The Bertz CT molecular complexity index is 477. The Labute approximate surface area is 119 Å². The summed E-state index contributed by atoms with van der Waals surface area (Å²) in [6.45, 7) is 0.307. The molecule has 0 saturated carbocycles. The molecule has 8 nitrogen and oxygen atoms in total. The van der Waals surface area contributed by atoms with Crippen molar-refractivity contribution in [2.45, 2.75) is 38.3 Å². The largest absolute Gasteiger partial charge is 0.353 e. The fourth-order valence-electron chi connectivity index (χ4n) is 1.62. The number of hydrogen-bond acceptors (Lipinski definition) is 8. The summed E-state index contributed by atoms with van der Waals surface area (Å²) in [6, 6.07) is 0. The van der Waals surface area contributed by atoms with Crippen molar-refractivity contribution in [1.29, 1.82) is 0 Å². The zero-order valence-corrected chi connectivity index (χ0v) is 13.1. The Morgan fingerprint density at radius 1 is 1.15 bits per heavy atom. The molecule has 0 amide bonds. The van der Waals surface area contributed by atoms with Gasteiger partial charge in [0.25, 0.3) is 20.2 Å². The first-order valence-corrected chi connectivity index (χ1v) is 9.79. The molecule has 1 fully saturated rings. The first-order valence-electron chi connectivity index (χ1n) is 6.15. The molecule has 0 spiro atoms. The Kier molecular flexibility index (Phi) is 6.82. The van der Waals surface area contributed by atoms with E-state index in [9.17, 15) is 16.8 Å². The quantitative estimate of drug-likeness (QED) is 0.458. The van der Waals surface area contributed by atoms with Gasteiger partial charge in [0, 0.05) is 13.0 Å². The van der Waals surface area contributed by atoms with Gasteiger partial charge in [-0.2, -0.15) is 16.8 Å². The average molecular weight is 332 g/mol. The molecule has 1 aliphatic rings. The summed E-state index contributed by atoms with van der Waals surface area (Å²) >= 11 is 0. The summed E-state index contributed by atoms with van der Waals surface area (Å²) < 4.78 is 64.0. The van der Waals surface area contributed by atoms with Crippen LogP contribution < -0.4 is 0 Å². The van der Waals surface area contributed by atoms with Crippen LogP contribution in [0.4, 0.5) is 0 Å². The summed E-state index contributed by atoms with van der Waals surface area (Å²) in [7, 11) is -7.31. The van der Waals surface area contributed by atoms with Crippen LogP contribution in [0.5, 0.6) is 0 Å². The molecule has 0 aromatic carbocycles. The summed E-state index contributed by atoms with van der Waals surface area (Å²) in [6.07, 6.45) is 2.55. The van der Waals surface area contributed by atoms with Crippen LogP contribution in [0.2, 0.25) is 0 Å². The van der Waals surface area contributed by atoms with Crippen LogP contribution in [0.3, 0.4) is 0 Å². The van der Waals surface area contributed by atoms with Crippen molar-refractivity contribution >= 4 is 20.2 Å². The van der Waals surface area contributed by atoms with E-state index < -0.39 is 32.8 Å². The van der Waals surface area contributed by atoms with Gasteiger partial charge in [-0.1, -0.05) is 0 Å². The van der Waals surface area contributed by atoms with Crippen molar-refractivity contribution in [3.05, 3.63) is 0 Å². The van der Waals surface area contributed by atoms with Crippen molar-refractivity contribution < 1.29 is 34.7 Å². The second-order valence-electron chi connectivity index (χ2n) is 4.48. The van der Waals surface area contributed by atoms with E-state index in [4.69, 9.17) is 13.7 Å². The Hall–Kier alpha value is -0.260. The smallest absolute Gasteiger partial charge is 0.266 e. The van der Waals surface area contributed by atoms with Gasteiger partial charge in [0.05, 0.1) is 19.1 Å². The normalized spacial score (nSPS) is 22.6.